The molecule has 0 fully saturated rings. The van der Waals surface area contributed by atoms with Gasteiger partial charge in [0.05, 0.1) is 7.11 Å². The second-order valence-corrected chi connectivity index (χ2v) is 5.65. The highest BCUT2D eigenvalue weighted by atomic mass is 16.7. The lowest BCUT2D eigenvalue weighted by atomic mass is 10.2. The lowest BCUT2D eigenvalue weighted by Crippen LogP contribution is -2.35. The highest BCUT2D eigenvalue weighted by molar-refractivity contribution is 5.94. The van der Waals surface area contributed by atoms with Crippen LogP contribution in [0.2, 0.25) is 0 Å². The minimum Gasteiger partial charge on any atom is -0.496 e. The molecule has 1 N–H and O–H groups in total. The zero-order valence-corrected chi connectivity index (χ0v) is 14.5. The number of para-hydroxylation sites is 1. The summed E-state index contributed by atoms with van der Waals surface area (Å²) in [4.78, 5) is 24.4. The number of rotatable bonds is 6. The number of amides is 1. The quantitative estimate of drug-likeness (QED) is 0.799. The Morgan fingerprint density at radius 1 is 1.15 bits per heavy atom. The zero-order chi connectivity index (χ0) is 18.5. The molecular formula is C19H19NO6. The molecule has 0 saturated heterocycles. The van der Waals surface area contributed by atoms with Crippen LogP contribution in [0.3, 0.4) is 0 Å². The first-order chi connectivity index (χ1) is 12.6. The Kier molecular flexibility index (Phi) is 5.26. The van der Waals surface area contributed by atoms with E-state index >= 15 is 0 Å². The van der Waals surface area contributed by atoms with E-state index < -0.39 is 18.0 Å². The van der Waals surface area contributed by atoms with Gasteiger partial charge < -0.3 is 24.3 Å². The van der Waals surface area contributed by atoms with Crippen LogP contribution in [0, 0.1) is 0 Å². The largest absolute Gasteiger partial charge is 0.496 e. The Morgan fingerprint density at radius 2 is 1.92 bits per heavy atom. The number of fused-ring (bicyclic) bond motifs is 1. The van der Waals surface area contributed by atoms with Gasteiger partial charge in [0.25, 0.3) is 5.91 Å². The van der Waals surface area contributed by atoms with Crippen LogP contribution in [-0.2, 0) is 16.1 Å². The average Bonchev–Trinajstić information content (AvgIpc) is 3.13. The van der Waals surface area contributed by atoms with Gasteiger partial charge in [-0.3, -0.25) is 4.79 Å². The van der Waals surface area contributed by atoms with Crippen LogP contribution in [0.25, 0.3) is 0 Å². The fraction of sp³-hybridized carbons (Fsp3) is 0.263. The van der Waals surface area contributed by atoms with Crippen molar-refractivity contribution >= 4 is 11.9 Å². The molecule has 7 nitrogen and oxygen atoms in total. The molecule has 0 saturated carbocycles. The maximum atomic E-state index is 12.2. The summed E-state index contributed by atoms with van der Waals surface area (Å²) in [5.41, 5.74) is 1.12. The Bertz CT molecular complexity index is 819. The molecule has 136 valence electrons. The van der Waals surface area contributed by atoms with Crippen molar-refractivity contribution in [2.75, 3.05) is 13.9 Å². The molecule has 0 radical (unpaired) electrons. The molecule has 1 aliphatic heterocycles. The molecule has 0 bridgehead atoms. The van der Waals surface area contributed by atoms with Crippen LogP contribution < -0.4 is 19.5 Å². The van der Waals surface area contributed by atoms with Gasteiger partial charge in [-0.25, -0.2) is 4.79 Å². The summed E-state index contributed by atoms with van der Waals surface area (Å²) in [7, 11) is 1.47. The second-order valence-electron chi connectivity index (χ2n) is 5.65. The third-order valence-electron chi connectivity index (χ3n) is 3.88. The summed E-state index contributed by atoms with van der Waals surface area (Å²) >= 11 is 0. The van der Waals surface area contributed by atoms with E-state index in [-0.39, 0.29) is 18.9 Å². The van der Waals surface area contributed by atoms with Crippen LogP contribution in [0.5, 0.6) is 17.2 Å². The molecule has 0 aliphatic carbocycles. The monoisotopic (exact) mass is 357 g/mol. The average molecular weight is 357 g/mol. The molecule has 2 aromatic carbocycles. The zero-order valence-electron chi connectivity index (χ0n) is 14.5. The number of esters is 1. The summed E-state index contributed by atoms with van der Waals surface area (Å²) in [5.74, 6) is 0.705. The molecule has 1 amide bonds. The third-order valence-corrected chi connectivity index (χ3v) is 3.88. The molecule has 2 aromatic rings. The lowest BCUT2D eigenvalue weighted by Gasteiger charge is -2.15. The van der Waals surface area contributed by atoms with E-state index in [9.17, 15) is 9.59 Å². The maximum Gasteiger partial charge on any atom is 0.342 e. The molecule has 0 aromatic heterocycles. The van der Waals surface area contributed by atoms with Crippen molar-refractivity contribution in [1.29, 1.82) is 0 Å². The van der Waals surface area contributed by atoms with Crippen LogP contribution in [0.4, 0.5) is 0 Å². The van der Waals surface area contributed by atoms with Gasteiger partial charge in [0.15, 0.2) is 17.6 Å². The maximum absolute atomic E-state index is 12.2. The van der Waals surface area contributed by atoms with E-state index in [0.717, 1.165) is 5.56 Å². The molecule has 1 aliphatic rings. The molecule has 7 heteroatoms. The van der Waals surface area contributed by atoms with Crippen LogP contribution in [-0.4, -0.2) is 31.9 Å². The van der Waals surface area contributed by atoms with Gasteiger partial charge in [-0.1, -0.05) is 18.2 Å². The molecule has 26 heavy (non-hydrogen) atoms. The highest BCUT2D eigenvalue weighted by Gasteiger charge is 2.21. The van der Waals surface area contributed by atoms with E-state index in [2.05, 4.69) is 5.32 Å². The van der Waals surface area contributed by atoms with Crippen molar-refractivity contribution in [3.05, 3.63) is 53.6 Å². The van der Waals surface area contributed by atoms with Crippen molar-refractivity contribution in [3.63, 3.8) is 0 Å². The lowest BCUT2D eigenvalue weighted by molar-refractivity contribution is -0.129. The van der Waals surface area contributed by atoms with Gasteiger partial charge in [-0.05, 0) is 36.8 Å². The van der Waals surface area contributed by atoms with Crippen molar-refractivity contribution < 1.29 is 28.5 Å². The molecule has 1 heterocycles. The Balaban J connectivity index is 1.55. The summed E-state index contributed by atoms with van der Waals surface area (Å²) < 4.78 is 20.9. The summed E-state index contributed by atoms with van der Waals surface area (Å²) in [6.07, 6.45) is -0.943. The fourth-order valence-corrected chi connectivity index (χ4v) is 2.47. The van der Waals surface area contributed by atoms with E-state index in [1.807, 2.05) is 6.07 Å². The Labute approximate surface area is 150 Å². The SMILES string of the molecule is COc1ccccc1C(=O)O[C@@H](C)C(=O)NCc1ccc2c(c1)OCO2. The van der Waals surface area contributed by atoms with Crippen LogP contribution >= 0.6 is 0 Å². The predicted octanol–water partition coefficient (Wildman–Crippen LogP) is 2.29. The smallest absolute Gasteiger partial charge is 0.342 e. The molecule has 3 rings (SSSR count). The third kappa shape index (κ3) is 3.88. The highest BCUT2D eigenvalue weighted by Crippen LogP contribution is 2.32. The first kappa shape index (κ1) is 17.6. The molecule has 0 spiro atoms. The fourth-order valence-electron chi connectivity index (χ4n) is 2.47. The number of carbonyl (C=O) groups is 2. The molecule has 0 unspecified atom stereocenters. The van der Waals surface area contributed by atoms with Gasteiger partial charge in [0.1, 0.15) is 11.3 Å². The number of ether oxygens (including phenoxy) is 4. The number of benzene rings is 2. The minimum absolute atomic E-state index is 0.196. The van der Waals surface area contributed by atoms with Crippen LogP contribution in [0.1, 0.15) is 22.8 Å². The number of nitrogens with one attached hydrogen (secondary N) is 1. The number of hydrogen-bond acceptors (Lipinski definition) is 6. The molecular weight excluding hydrogens is 338 g/mol. The number of methoxy groups -OCH3 is 1. The minimum atomic E-state index is -0.943. The van der Waals surface area contributed by atoms with E-state index in [0.29, 0.717) is 17.2 Å². The second kappa shape index (κ2) is 7.77. The summed E-state index contributed by atoms with van der Waals surface area (Å²) in [5, 5.41) is 2.73. The van der Waals surface area contributed by atoms with Crippen molar-refractivity contribution in [1.82, 2.24) is 5.32 Å². The first-order valence-electron chi connectivity index (χ1n) is 8.08. The molecule has 1 atom stereocenters. The van der Waals surface area contributed by atoms with Gasteiger partial charge in [-0.2, -0.15) is 0 Å². The normalized spacial score (nSPS) is 13.0. The Morgan fingerprint density at radius 3 is 2.73 bits per heavy atom. The van der Waals surface area contributed by atoms with Crippen LogP contribution in [0.15, 0.2) is 42.5 Å². The van der Waals surface area contributed by atoms with Gasteiger partial charge >= 0.3 is 5.97 Å². The summed E-state index contributed by atoms with van der Waals surface area (Å²) in [6, 6.07) is 12.1. The van der Waals surface area contributed by atoms with E-state index in [4.69, 9.17) is 18.9 Å². The standard InChI is InChI=1S/C19H19NO6/c1-12(26-19(22)14-5-3-4-6-15(14)23-2)18(21)20-10-13-7-8-16-17(9-13)25-11-24-16/h3-9,12H,10-11H2,1-2H3,(H,20,21)/t12-/m0/s1. The van der Waals surface area contributed by atoms with Crippen molar-refractivity contribution in [2.45, 2.75) is 19.6 Å². The predicted molar refractivity (Wildman–Crippen MR) is 92.3 cm³/mol. The van der Waals surface area contributed by atoms with E-state index in [1.165, 1.54) is 14.0 Å². The summed E-state index contributed by atoms with van der Waals surface area (Å²) in [6.45, 7) is 2.00. The van der Waals surface area contributed by atoms with Gasteiger partial charge in [0.2, 0.25) is 6.79 Å². The van der Waals surface area contributed by atoms with Crippen molar-refractivity contribution in [3.8, 4) is 17.2 Å². The van der Waals surface area contributed by atoms with Crippen molar-refractivity contribution in [2.24, 2.45) is 0 Å². The van der Waals surface area contributed by atoms with Gasteiger partial charge in [-0.15, -0.1) is 0 Å². The first-order valence-corrected chi connectivity index (χ1v) is 8.08. The Hall–Kier alpha value is -3.22. The van der Waals surface area contributed by atoms with E-state index in [1.54, 1.807) is 36.4 Å². The number of hydrogen-bond donors (Lipinski definition) is 1. The van der Waals surface area contributed by atoms with Gasteiger partial charge in [0, 0.05) is 6.54 Å². The topological polar surface area (TPSA) is 83.1 Å². The number of carbonyl (C=O) groups excluding carboxylic acids is 2.